The van der Waals surface area contributed by atoms with Crippen LogP contribution in [0.5, 0.6) is 0 Å². The van der Waals surface area contributed by atoms with Gasteiger partial charge in [-0.1, -0.05) is 6.07 Å². The van der Waals surface area contributed by atoms with Gasteiger partial charge in [0.05, 0.1) is 11.4 Å². The van der Waals surface area contributed by atoms with E-state index in [1.165, 1.54) is 5.56 Å². The summed E-state index contributed by atoms with van der Waals surface area (Å²) in [6.07, 6.45) is 6.51. The Hall–Kier alpha value is -2.66. The van der Waals surface area contributed by atoms with Crippen LogP contribution in [0, 0.1) is 6.92 Å². The van der Waals surface area contributed by atoms with Gasteiger partial charge in [0.15, 0.2) is 5.82 Å². The minimum Gasteiger partial charge on any atom is -0.291 e. The standard InChI is InChI=1S/C19H19N5/c1-14-4-2-6-17(22-14)12-24-9-7-15-11-21-19(23-18(15)13-24)16-5-3-8-20-10-16/h2-6,8,10-11H,7,9,12-13H2,1H3. The minimum atomic E-state index is 0.748. The minimum absolute atomic E-state index is 0.748. The quantitative estimate of drug-likeness (QED) is 0.743. The molecule has 0 saturated carbocycles. The summed E-state index contributed by atoms with van der Waals surface area (Å²) < 4.78 is 0. The largest absolute Gasteiger partial charge is 0.291 e. The van der Waals surface area contributed by atoms with E-state index >= 15 is 0 Å². The molecule has 5 nitrogen and oxygen atoms in total. The van der Waals surface area contributed by atoms with E-state index in [-0.39, 0.29) is 0 Å². The van der Waals surface area contributed by atoms with Crippen molar-refractivity contribution in [2.45, 2.75) is 26.4 Å². The molecule has 0 unspecified atom stereocenters. The number of pyridine rings is 2. The number of aromatic nitrogens is 4. The predicted octanol–water partition coefficient (Wildman–Crippen LogP) is 2.80. The van der Waals surface area contributed by atoms with Crippen molar-refractivity contribution in [2.24, 2.45) is 0 Å². The lowest BCUT2D eigenvalue weighted by molar-refractivity contribution is 0.238. The van der Waals surface area contributed by atoms with E-state index in [1.807, 2.05) is 31.3 Å². The number of hydrogen-bond donors (Lipinski definition) is 0. The summed E-state index contributed by atoms with van der Waals surface area (Å²) in [7, 11) is 0. The van der Waals surface area contributed by atoms with Gasteiger partial charge in [-0.15, -0.1) is 0 Å². The van der Waals surface area contributed by atoms with Crippen molar-refractivity contribution < 1.29 is 0 Å². The lowest BCUT2D eigenvalue weighted by Gasteiger charge is -2.27. The first-order chi connectivity index (χ1) is 11.8. The third kappa shape index (κ3) is 3.16. The number of hydrogen-bond acceptors (Lipinski definition) is 5. The van der Waals surface area contributed by atoms with Gasteiger partial charge in [-0.25, -0.2) is 9.97 Å². The van der Waals surface area contributed by atoms with Crippen LogP contribution in [0.15, 0.2) is 48.9 Å². The second-order valence-corrected chi connectivity index (χ2v) is 6.14. The summed E-state index contributed by atoms with van der Waals surface area (Å²) in [5.41, 5.74) is 5.49. The Kier molecular flexibility index (Phi) is 4.01. The first kappa shape index (κ1) is 14.9. The van der Waals surface area contributed by atoms with Crippen molar-refractivity contribution >= 4 is 0 Å². The third-order valence-corrected chi connectivity index (χ3v) is 4.28. The third-order valence-electron chi connectivity index (χ3n) is 4.28. The van der Waals surface area contributed by atoms with Crippen LogP contribution in [0.25, 0.3) is 11.4 Å². The van der Waals surface area contributed by atoms with Crippen LogP contribution in [-0.2, 0) is 19.5 Å². The SMILES string of the molecule is Cc1cccc(CN2CCc3cnc(-c4cccnc4)nc3C2)n1. The zero-order chi connectivity index (χ0) is 16.4. The highest BCUT2D eigenvalue weighted by atomic mass is 15.1. The summed E-state index contributed by atoms with van der Waals surface area (Å²) in [5.74, 6) is 0.748. The lowest BCUT2D eigenvalue weighted by atomic mass is 10.1. The molecule has 0 N–H and O–H groups in total. The predicted molar refractivity (Wildman–Crippen MR) is 92.1 cm³/mol. The molecule has 1 aliphatic rings. The number of aryl methyl sites for hydroxylation is 1. The van der Waals surface area contributed by atoms with Gasteiger partial charge in [0.1, 0.15) is 0 Å². The van der Waals surface area contributed by atoms with Crippen LogP contribution in [-0.4, -0.2) is 31.4 Å². The van der Waals surface area contributed by atoms with Crippen molar-refractivity contribution in [2.75, 3.05) is 6.54 Å². The fourth-order valence-corrected chi connectivity index (χ4v) is 3.04. The molecular formula is C19H19N5. The van der Waals surface area contributed by atoms with E-state index < -0.39 is 0 Å². The average molecular weight is 317 g/mol. The number of rotatable bonds is 3. The molecule has 0 bridgehead atoms. The zero-order valence-electron chi connectivity index (χ0n) is 13.7. The molecular weight excluding hydrogens is 298 g/mol. The first-order valence-electron chi connectivity index (χ1n) is 8.18. The summed E-state index contributed by atoms with van der Waals surface area (Å²) in [5, 5.41) is 0. The maximum absolute atomic E-state index is 4.78. The maximum Gasteiger partial charge on any atom is 0.160 e. The van der Waals surface area contributed by atoms with Gasteiger partial charge >= 0.3 is 0 Å². The first-order valence-corrected chi connectivity index (χ1v) is 8.18. The molecule has 0 amide bonds. The fraction of sp³-hybridized carbons (Fsp3) is 0.263. The number of nitrogens with zero attached hydrogens (tertiary/aromatic N) is 5. The van der Waals surface area contributed by atoms with E-state index in [4.69, 9.17) is 4.98 Å². The topological polar surface area (TPSA) is 54.8 Å². The molecule has 4 heterocycles. The molecule has 3 aromatic heterocycles. The molecule has 0 atom stereocenters. The van der Waals surface area contributed by atoms with Gasteiger partial charge in [0.2, 0.25) is 0 Å². The Morgan fingerprint density at radius 2 is 2.04 bits per heavy atom. The fourth-order valence-electron chi connectivity index (χ4n) is 3.04. The number of fused-ring (bicyclic) bond motifs is 1. The molecule has 24 heavy (non-hydrogen) atoms. The summed E-state index contributed by atoms with van der Waals surface area (Å²) in [6, 6.07) is 10.1. The van der Waals surface area contributed by atoms with Crippen molar-refractivity contribution in [1.29, 1.82) is 0 Å². The van der Waals surface area contributed by atoms with Crippen molar-refractivity contribution in [3.05, 3.63) is 71.6 Å². The molecule has 0 aromatic carbocycles. The summed E-state index contributed by atoms with van der Waals surface area (Å²) in [6.45, 7) is 4.73. The Balaban J connectivity index is 1.55. The Bertz CT molecular complexity index is 847. The molecule has 0 saturated heterocycles. The normalized spacial score (nSPS) is 14.4. The molecule has 0 fully saturated rings. The second kappa shape index (κ2) is 6.45. The Morgan fingerprint density at radius 1 is 1.08 bits per heavy atom. The van der Waals surface area contributed by atoms with Crippen molar-refractivity contribution in [3.63, 3.8) is 0 Å². The zero-order valence-corrected chi connectivity index (χ0v) is 13.7. The smallest absolute Gasteiger partial charge is 0.160 e. The highest BCUT2D eigenvalue weighted by Gasteiger charge is 2.19. The molecule has 4 rings (SSSR count). The van der Waals surface area contributed by atoms with E-state index in [1.54, 1.807) is 12.4 Å². The van der Waals surface area contributed by atoms with Gasteiger partial charge in [-0.3, -0.25) is 14.9 Å². The van der Waals surface area contributed by atoms with E-state index in [0.29, 0.717) is 0 Å². The van der Waals surface area contributed by atoms with E-state index in [0.717, 1.165) is 54.5 Å². The van der Waals surface area contributed by atoms with Crippen LogP contribution < -0.4 is 0 Å². The van der Waals surface area contributed by atoms with Crippen LogP contribution in [0.3, 0.4) is 0 Å². The molecule has 120 valence electrons. The van der Waals surface area contributed by atoms with Gasteiger partial charge in [0, 0.05) is 49.5 Å². The Labute approximate surface area is 141 Å². The highest BCUT2D eigenvalue weighted by molar-refractivity contribution is 5.53. The van der Waals surface area contributed by atoms with Gasteiger partial charge < -0.3 is 0 Å². The average Bonchev–Trinajstić information content (AvgIpc) is 2.62. The highest BCUT2D eigenvalue weighted by Crippen LogP contribution is 2.21. The van der Waals surface area contributed by atoms with E-state index in [2.05, 4.69) is 32.0 Å². The Morgan fingerprint density at radius 3 is 2.88 bits per heavy atom. The summed E-state index contributed by atoms with van der Waals surface area (Å²) in [4.78, 5) is 20.4. The lowest BCUT2D eigenvalue weighted by Crippen LogP contribution is -2.31. The summed E-state index contributed by atoms with van der Waals surface area (Å²) >= 11 is 0. The molecule has 0 spiro atoms. The van der Waals surface area contributed by atoms with Gasteiger partial charge in [-0.05, 0) is 43.2 Å². The second-order valence-electron chi connectivity index (χ2n) is 6.14. The molecule has 5 heteroatoms. The van der Waals surface area contributed by atoms with Crippen LogP contribution in [0.2, 0.25) is 0 Å². The van der Waals surface area contributed by atoms with Crippen LogP contribution >= 0.6 is 0 Å². The van der Waals surface area contributed by atoms with Crippen molar-refractivity contribution in [3.8, 4) is 11.4 Å². The van der Waals surface area contributed by atoms with Gasteiger partial charge in [-0.2, -0.15) is 0 Å². The molecule has 0 aliphatic carbocycles. The monoisotopic (exact) mass is 317 g/mol. The van der Waals surface area contributed by atoms with Crippen molar-refractivity contribution in [1.82, 2.24) is 24.8 Å². The van der Waals surface area contributed by atoms with Gasteiger partial charge in [0.25, 0.3) is 0 Å². The molecule has 0 radical (unpaired) electrons. The molecule has 1 aliphatic heterocycles. The molecule has 3 aromatic rings. The van der Waals surface area contributed by atoms with Crippen LogP contribution in [0.4, 0.5) is 0 Å². The maximum atomic E-state index is 4.78. The van der Waals surface area contributed by atoms with Crippen LogP contribution in [0.1, 0.15) is 22.6 Å². The van der Waals surface area contributed by atoms with E-state index in [9.17, 15) is 0 Å².